The number of ether oxygens (including phenoxy) is 2. The van der Waals surface area contributed by atoms with Crippen LogP contribution in [0, 0.1) is 30.1 Å². The Morgan fingerprint density at radius 1 is 1.24 bits per heavy atom. The Kier molecular flexibility index (Phi) is 7.24. The average molecular weight is 524 g/mol. The van der Waals surface area contributed by atoms with Crippen LogP contribution < -0.4 is 4.90 Å². The molecule has 3 saturated heterocycles. The number of aryl methyl sites for hydroxylation is 1. The van der Waals surface area contributed by atoms with E-state index in [1.54, 1.807) is 14.0 Å². The van der Waals surface area contributed by atoms with Crippen molar-refractivity contribution < 1.29 is 27.4 Å². The fourth-order valence-electron chi connectivity index (χ4n) is 7.51. The van der Waals surface area contributed by atoms with Crippen LogP contribution in [-0.2, 0) is 20.4 Å². The molecular weight excluding hydrogens is 483 g/mol. The molecule has 1 aromatic rings. The second kappa shape index (κ2) is 10.0. The number of fused-ring (bicyclic) bond motifs is 2. The Morgan fingerprint density at radius 3 is 2.68 bits per heavy atom. The minimum atomic E-state index is -4.40. The molecule has 1 aromatic heterocycles. The number of amides is 1. The molecule has 206 valence electrons. The minimum absolute atomic E-state index is 0.00967. The SMILES string of the molecule is CO[C@@H]1COCC[C@@H]1C[C@@H]1CC[C@@](C(=O)N2C[C@@H]3C[C@H]2CN3c2cc(C(F)(F)F)cc(C)n2)(C(C)C)C1. The molecule has 0 aromatic carbocycles. The highest BCUT2D eigenvalue weighted by atomic mass is 19.4. The fourth-order valence-corrected chi connectivity index (χ4v) is 7.51. The molecule has 1 aliphatic carbocycles. The standard InChI is InChI=1S/C28H40F3N3O3/c1-17(2)27(7-5-19(13-27)10-20-6-8-37-16-24(20)36-4)26(35)34-15-22-12-23(34)14-33(22)25-11-21(28(29,30)31)9-18(3)32-25/h9,11,17,19-20,22-24H,5-8,10,12-16H2,1-4H3/t19-,20+,22-,23-,24+,27-/m0/s1. The molecule has 4 fully saturated rings. The van der Waals surface area contributed by atoms with Crippen molar-refractivity contribution in [2.45, 2.75) is 83.7 Å². The Hall–Kier alpha value is -1.87. The highest BCUT2D eigenvalue weighted by molar-refractivity contribution is 5.84. The highest BCUT2D eigenvalue weighted by Crippen LogP contribution is 2.52. The van der Waals surface area contributed by atoms with Gasteiger partial charge in [-0.15, -0.1) is 0 Å². The molecule has 0 radical (unpaired) electrons. The summed E-state index contributed by atoms with van der Waals surface area (Å²) in [5, 5.41) is 0. The normalized spacial score (nSPS) is 34.1. The van der Waals surface area contributed by atoms with Gasteiger partial charge in [0.1, 0.15) is 5.82 Å². The maximum atomic E-state index is 14.1. The van der Waals surface area contributed by atoms with E-state index < -0.39 is 11.7 Å². The summed E-state index contributed by atoms with van der Waals surface area (Å²) in [6.07, 6.45) is 1.46. The molecule has 1 amide bonds. The van der Waals surface area contributed by atoms with Crippen molar-refractivity contribution in [3.8, 4) is 0 Å². The zero-order valence-electron chi connectivity index (χ0n) is 22.4. The number of methoxy groups -OCH3 is 1. The third kappa shape index (κ3) is 4.98. The van der Waals surface area contributed by atoms with E-state index in [9.17, 15) is 18.0 Å². The van der Waals surface area contributed by atoms with Crippen LogP contribution in [0.15, 0.2) is 12.1 Å². The van der Waals surface area contributed by atoms with Gasteiger partial charge in [0, 0.05) is 32.5 Å². The van der Waals surface area contributed by atoms with Crippen molar-refractivity contribution in [1.82, 2.24) is 9.88 Å². The number of halogens is 3. The number of aromatic nitrogens is 1. The summed E-state index contributed by atoms with van der Waals surface area (Å²) in [6, 6.07) is 2.28. The van der Waals surface area contributed by atoms with E-state index in [-0.39, 0.29) is 35.4 Å². The van der Waals surface area contributed by atoms with E-state index in [1.807, 2.05) is 4.90 Å². The molecule has 4 aliphatic rings. The van der Waals surface area contributed by atoms with Gasteiger partial charge < -0.3 is 19.3 Å². The summed E-state index contributed by atoms with van der Waals surface area (Å²) in [6.45, 7) is 8.46. The topological polar surface area (TPSA) is 54.9 Å². The summed E-state index contributed by atoms with van der Waals surface area (Å²) >= 11 is 0. The number of alkyl halides is 3. The van der Waals surface area contributed by atoms with Gasteiger partial charge in [0.05, 0.1) is 35.8 Å². The molecule has 2 bridgehead atoms. The molecule has 37 heavy (non-hydrogen) atoms. The van der Waals surface area contributed by atoms with Crippen LogP contribution in [0.5, 0.6) is 0 Å². The molecule has 6 atom stereocenters. The largest absolute Gasteiger partial charge is 0.416 e. The van der Waals surface area contributed by atoms with Crippen LogP contribution in [0.25, 0.3) is 0 Å². The van der Waals surface area contributed by atoms with Crippen molar-refractivity contribution in [3.63, 3.8) is 0 Å². The maximum absolute atomic E-state index is 14.1. The smallest absolute Gasteiger partial charge is 0.379 e. The van der Waals surface area contributed by atoms with Gasteiger partial charge in [0.15, 0.2) is 0 Å². The van der Waals surface area contributed by atoms with Crippen molar-refractivity contribution in [2.24, 2.45) is 23.2 Å². The predicted molar refractivity (Wildman–Crippen MR) is 134 cm³/mol. The number of pyridine rings is 1. The second-order valence-electron chi connectivity index (χ2n) is 12.1. The lowest BCUT2D eigenvalue weighted by Gasteiger charge is -2.42. The van der Waals surface area contributed by atoms with E-state index in [0.717, 1.165) is 57.3 Å². The van der Waals surface area contributed by atoms with Gasteiger partial charge >= 0.3 is 6.18 Å². The number of piperazine rings is 1. The minimum Gasteiger partial charge on any atom is -0.379 e. The first-order chi connectivity index (χ1) is 17.5. The van der Waals surface area contributed by atoms with Crippen molar-refractivity contribution >= 4 is 11.7 Å². The summed E-state index contributed by atoms with van der Waals surface area (Å²) < 4.78 is 51.5. The summed E-state index contributed by atoms with van der Waals surface area (Å²) in [4.78, 5) is 22.6. The van der Waals surface area contributed by atoms with E-state index in [0.29, 0.717) is 43.0 Å². The number of nitrogens with zero attached hydrogens (tertiary/aromatic N) is 3. The second-order valence-corrected chi connectivity index (χ2v) is 12.1. The molecular formula is C28H40F3N3O3. The quantitative estimate of drug-likeness (QED) is 0.521. The van der Waals surface area contributed by atoms with Crippen molar-refractivity contribution in [3.05, 3.63) is 23.4 Å². The van der Waals surface area contributed by atoms with Gasteiger partial charge in [-0.1, -0.05) is 13.8 Å². The third-order valence-corrected chi connectivity index (χ3v) is 9.63. The predicted octanol–water partition coefficient (Wildman–Crippen LogP) is 5.08. The van der Waals surface area contributed by atoms with Crippen LogP contribution in [0.3, 0.4) is 0 Å². The molecule has 6 nitrogen and oxygen atoms in total. The van der Waals surface area contributed by atoms with E-state index in [4.69, 9.17) is 9.47 Å². The van der Waals surface area contributed by atoms with Crippen LogP contribution in [0.2, 0.25) is 0 Å². The first-order valence-electron chi connectivity index (χ1n) is 13.8. The van der Waals surface area contributed by atoms with Gasteiger partial charge in [0.25, 0.3) is 0 Å². The molecule has 4 heterocycles. The summed E-state index contributed by atoms with van der Waals surface area (Å²) in [5.74, 6) is 1.83. The molecule has 0 unspecified atom stereocenters. The van der Waals surface area contributed by atoms with E-state index >= 15 is 0 Å². The maximum Gasteiger partial charge on any atom is 0.416 e. The monoisotopic (exact) mass is 523 g/mol. The first kappa shape index (κ1) is 26.7. The van der Waals surface area contributed by atoms with Crippen molar-refractivity contribution in [1.29, 1.82) is 0 Å². The van der Waals surface area contributed by atoms with Crippen LogP contribution in [0.4, 0.5) is 19.0 Å². The number of carbonyl (C=O) groups excluding carboxylic acids is 1. The molecule has 3 aliphatic heterocycles. The fraction of sp³-hybridized carbons (Fsp3) is 0.786. The Labute approximate surface area is 217 Å². The summed E-state index contributed by atoms with van der Waals surface area (Å²) in [7, 11) is 1.75. The molecule has 5 rings (SSSR count). The van der Waals surface area contributed by atoms with E-state index in [1.165, 1.54) is 0 Å². The number of hydrogen-bond donors (Lipinski definition) is 0. The molecule has 1 saturated carbocycles. The molecule has 0 spiro atoms. The van der Waals surface area contributed by atoms with Gasteiger partial charge in [-0.2, -0.15) is 13.2 Å². The zero-order chi connectivity index (χ0) is 26.5. The zero-order valence-corrected chi connectivity index (χ0v) is 22.4. The Bertz CT molecular complexity index is 1000. The molecule has 0 N–H and O–H groups in total. The Balaban J connectivity index is 1.27. The third-order valence-electron chi connectivity index (χ3n) is 9.63. The van der Waals surface area contributed by atoms with Crippen LogP contribution in [0.1, 0.15) is 63.6 Å². The average Bonchev–Trinajstić information content (AvgIpc) is 3.58. The van der Waals surface area contributed by atoms with Crippen LogP contribution in [-0.4, -0.2) is 67.4 Å². The van der Waals surface area contributed by atoms with Gasteiger partial charge in [-0.25, -0.2) is 4.98 Å². The number of anilines is 1. The molecule has 9 heteroatoms. The van der Waals surface area contributed by atoms with E-state index in [2.05, 4.69) is 23.7 Å². The lowest BCUT2D eigenvalue weighted by Crippen LogP contribution is -2.54. The van der Waals surface area contributed by atoms with Crippen molar-refractivity contribution in [2.75, 3.05) is 38.3 Å². The van der Waals surface area contributed by atoms with Crippen LogP contribution >= 0.6 is 0 Å². The number of carbonyl (C=O) groups is 1. The van der Waals surface area contributed by atoms with Gasteiger partial charge in [-0.05, 0) is 75.3 Å². The lowest BCUT2D eigenvalue weighted by molar-refractivity contribution is -0.146. The summed E-state index contributed by atoms with van der Waals surface area (Å²) in [5.41, 5.74) is -0.670. The van der Waals surface area contributed by atoms with Gasteiger partial charge in [-0.3, -0.25) is 4.79 Å². The highest BCUT2D eigenvalue weighted by Gasteiger charge is 2.54. The number of hydrogen-bond acceptors (Lipinski definition) is 5. The van der Waals surface area contributed by atoms with Gasteiger partial charge in [0.2, 0.25) is 5.91 Å². The number of likely N-dealkylation sites (tertiary alicyclic amines) is 1. The first-order valence-corrected chi connectivity index (χ1v) is 13.8. The number of rotatable bonds is 6. The lowest BCUT2D eigenvalue weighted by atomic mass is 9.73. The Morgan fingerprint density at radius 2 is 2.03 bits per heavy atom.